The number of hydrogen-bond acceptors (Lipinski definition) is 2. The van der Waals surface area contributed by atoms with Crippen LogP contribution >= 0.6 is 11.6 Å². The minimum Gasteiger partial charge on any atom is -0.371 e. The Morgan fingerprint density at radius 2 is 2.15 bits per heavy atom. The Bertz CT molecular complexity index is 445. The van der Waals surface area contributed by atoms with Crippen molar-refractivity contribution >= 4 is 17.3 Å². The first-order valence-corrected chi connectivity index (χ1v) is 8.12. The summed E-state index contributed by atoms with van der Waals surface area (Å²) in [4.78, 5) is 2.43. The SMILES string of the molecule is CC(N)Cc1ccc(Cl)cc1N(C)C1CCCC(C)C1. The molecule has 20 heavy (non-hydrogen) atoms. The molecule has 2 N–H and O–H groups in total. The van der Waals surface area contributed by atoms with Gasteiger partial charge < -0.3 is 10.6 Å². The van der Waals surface area contributed by atoms with Crippen molar-refractivity contribution in [2.45, 2.75) is 58.0 Å². The van der Waals surface area contributed by atoms with Crippen molar-refractivity contribution in [3.05, 3.63) is 28.8 Å². The second-order valence-electron chi connectivity index (χ2n) is 6.49. The third-order valence-corrected chi connectivity index (χ3v) is 4.66. The second-order valence-corrected chi connectivity index (χ2v) is 6.93. The highest BCUT2D eigenvalue weighted by molar-refractivity contribution is 6.30. The summed E-state index contributed by atoms with van der Waals surface area (Å²) < 4.78 is 0. The van der Waals surface area contributed by atoms with Gasteiger partial charge in [0.1, 0.15) is 0 Å². The molecule has 0 aliphatic heterocycles. The van der Waals surface area contributed by atoms with Crippen LogP contribution in [0.1, 0.15) is 45.1 Å². The first kappa shape index (κ1) is 15.7. The van der Waals surface area contributed by atoms with Gasteiger partial charge in [0.05, 0.1) is 0 Å². The molecule has 0 bridgehead atoms. The van der Waals surface area contributed by atoms with Crippen molar-refractivity contribution in [1.82, 2.24) is 0 Å². The lowest BCUT2D eigenvalue weighted by atomic mass is 9.86. The Labute approximate surface area is 128 Å². The van der Waals surface area contributed by atoms with Gasteiger partial charge in [0.25, 0.3) is 0 Å². The molecule has 1 aromatic rings. The van der Waals surface area contributed by atoms with Crippen LogP contribution in [0.15, 0.2) is 18.2 Å². The average molecular weight is 295 g/mol. The third-order valence-electron chi connectivity index (χ3n) is 4.43. The van der Waals surface area contributed by atoms with Crippen LogP contribution in [0, 0.1) is 5.92 Å². The lowest BCUT2D eigenvalue weighted by Crippen LogP contribution is -2.36. The molecule has 0 radical (unpaired) electrons. The van der Waals surface area contributed by atoms with Gasteiger partial charge in [-0.05, 0) is 49.8 Å². The highest BCUT2D eigenvalue weighted by atomic mass is 35.5. The lowest BCUT2D eigenvalue weighted by molar-refractivity contribution is 0.336. The third kappa shape index (κ3) is 3.89. The summed E-state index contributed by atoms with van der Waals surface area (Å²) in [6.07, 6.45) is 6.16. The van der Waals surface area contributed by atoms with Gasteiger partial charge >= 0.3 is 0 Å². The number of nitrogens with zero attached hydrogens (tertiary/aromatic N) is 1. The number of rotatable bonds is 4. The molecule has 3 unspecified atom stereocenters. The van der Waals surface area contributed by atoms with Crippen LogP contribution in [0.2, 0.25) is 5.02 Å². The van der Waals surface area contributed by atoms with Crippen molar-refractivity contribution < 1.29 is 0 Å². The summed E-state index contributed by atoms with van der Waals surface area (Å²) in [6, 6.07) is 7.00. The summed E-state index contributed by atoms with van der Waals surface area (Å²) in [5.41, 5.74) is 8.55. The molecule has 112 valence electrons. The topological polar surface area (TPSA) is 29.3 Å². The van der Waals surface area contributed by atoms with Gasteiger partial charge in [0.2, 0.25) is 0 Å². The molecule has 1 aliphatic carbocycles. The fourth-order valence-electron chi connectivity index (χ4n) is 3.34. The van der Waals surface area contributed by atoms with E-state index in [2.05, 4.69) is 37.9 Å². The number of benzene rings is 1. The van der Waals surface area contributed by atoms with E-state index >= 15 is 0 Å². The summed E-state index contributed by atoms with van der Waals surface area (Å²) in [5, 5.41) is 0.809. The highest BCUT2D eigenvalue weighted by Gasteiger charge is 2.24. The Morgan fingerprint density at radius 3 is 2.80 bits per heavy atom. The molecule has 3 atom stereocenters. The normalized spacial score (nSPS) is 24.4. The number of halogens is 1. The zero-order valence-corrected chi connectivity index (χ0v) is 13.7. The van der Waals surface area contributed by atoms with E-state index in [9.17, 15) is 0 Å². The van der Waals surface area contributed by atoms with Crippen LogP contribution < -0.4 is 10.6 Å². The van der Waals surface area contributed by atoms with Gasteiger partial charge in [-0.3, -0.25) is 0 Å². The maximum absolute atomic E-state index is 6.21. The Balaban J connectivity index is 2.22. The molecule has 0 saturated heterocycles. The molecule has 1 saturated carbocycles. The van der Waals surface area contributed by atoms with Crippen LogP contribution in [-0.2, 0) is 6.42 Å². The minimum atomic E-state index is 0.175. The molecular weight excluding hydrogens is 268 g/mol. The van der Waals surface area contributed by atoms with Gasteiger partial charge in [0.15, 0.2) is 0 Å². The molecule has 2 nitrogen and oxygen atoms in total. The predicted octanol–water partition coefficient (Wildman–Crippen LogP) is 4.24. The van der Waals surface area contributed by atoms with Gasteiger partial charge in [-0.15, -0.1) is 0 Å². The monoisotopic (exact) mass is 294 g/mol. The first-order valence-electron chi connectivity index (χ1n) is 7.74. The quantitative estimate of drug-likeness (QED) is 0.900. The van der Waals surface area contributed by atoms with Crippen molar-refractivity contribution in [1.29, 1.82) is 0 Å². The number of nitrogens with two attached hydrogens (primary N) is 1. The van der Waals surface area contributed by atoms with Gasteiger partial charge in [0, 0.05) is 29.8 Å². The molecule has 0 amide bonds. The smallest absolute Gasteiger partial charge is 0.0426 e. The molecule has 0 spiro atoms. The predicted molar refractivity (Wildman–Crippen MR) is 88.6 cm³/mol. The maximum Gasteiger partial charge on any atom is 0.0426 e. The summed E-state index contributed by atoms with van der Waals surface area (Å²) >= 11 is 6.21. The van der Waals surface area contributed by atoms with Crippen LogP contribution in [0.4, 0.5) is 5.69 Å². The molecule has 3 heteroatoms. The first-order chi connectivity index (χ1) is 9.47. The molecule has 0 heterocycles. The fourth-order valence-corrected chi connectivity index (χ4v) is 3.50. The Kier molecular flexibility index (Phi) is 5.34. The number of anilines is 1. The molecule has 1 aliphatic rings. The standard InChI is InChI=1S/C17H27ClN2/c1-12-5-4-6-16(9-12)20(3)17-11-15(18)8-7-14(17)10-13(2)19/h7-8,11-13,16H,4-6,9-10,19H2,1-3H3. The maximum atomic E-state index is 6.21. The van der Waals surface area contributed by atoms with E-state index in [1.165, 1.54) is 36.9 Å². The number of hydrogen-bond donors (Lipinski definition) is 1. The molecule has 0 aromatic heterocycles. The second kappa shape index (κ2) is 6.82. The molecular formula is C17H27ClN2. The van der Waals surface area contributed by atoms with Crippen molar-refractivity contribution in [2.24, 2.45) is 11.7 Å². The Morgan fingerprint density at radius 1 is 1.40 bits per heavy atom. The van der Waals surface area contributed by atoms with Crippen LogP contribution in [0.5, 0.6) is 0 Å². The van der Waals surface area contributed by atoms with E-state index in [-0.39, 0.29) is 6.04 Å². The van der Waals surface area contributed by atoms with Crippen LogP contribution in [0.25, 0.3) is 0 Å². The van der Waals surface area contributed by atoms with E-state index in [0.29, 0.717) is 6.04 Å². The lowest BCUT2D eigenvalue weighted by Gasteiger charge is -2.37. The fraction of sp³-hybridized carbons (Fsp3) is 0.647. The van der Waals surface area contributed by atoms with E-state index < -0.39 is 0 Å². The Hall–Kier alpha value is -0.730. The van der Waals surface area contributed by atoms with Crippen LogP contribution in [-0.4, -0.2) is 19.1 Å². The zero-order chi connectivity index (χ0) is 14.7. The van der Waals surface area contributed by atoms with Gasteiger partial charge in [-0.1, -0.05) is 37.4 Å². The summed E-state index contributed by atoms with van der Waals surface area (Å²) in [7, 11) is 2.21. The average Bonchev–Trinajstić information content (AvgIpc) is 2.39. The molecule has 2 rings (SSSR count). The van der Waals surface area contributed by atoms with Gasteiger partial charge in [-0.25, -0.2) is 0 Å². The highest BCUT2D eigenvalue weighted by Crippen LogP contribution is 2.33. The summed E-state index contributed by atoms with van der Waals surface area (Å²) in [6.45, 7) is 4.42. The molecule has 1 aromatic carbocycles. The van der Waals surface area contributed by atoms with E-state index in [1.807, 2.05) is 6.07 Å². The van der Waals surface area contributed by atoms with Crippen molar-refractivity contribution in [2.75, 3.05) is 11.9 Å². The van der Waals surface area contributed by atoms with Gasteiger partial charge in [-0.2, -0.15) is 0 Å². The largest absolute Gasteiger partial charge is 0.371 e. The van der Waals surface area contributed by atoms with E-state index in [4.69, 9.17) is 17.3 Å². The minimum absolute atomic E-state index is 0.175. The zero-order valence-electron chi connectivity index (χ0n) is 12.9. The summed E-state index contributed by atoms with van der Waals surface area (Å²) in [5.74, 6) is 0.826. The van der Waals surface area contributed by atoms with Crippen LogP contribution in [0.3, 0.4) is 0 Å². The van der Waals surface area contributed by atoms with E-state index in [0.717, 1.165) is 17.4 Å². The van der Waals surface area contributed by atoms with Crippen molar-refractivity contribution in [3.8, 4) is 0 Å². The van der Waals surface area contributed by atoms with E-state index in [1.54, 1.807) is 0 Å². The molecule has 1 fully saturated rings. The van der Waals surface area contributed by atoms with Crippen molar-refractivity contribution in [3.63, 3.8) is 0 Å².